The van der Waals surface area contributed by atoms with Crippen molar-refractivity contribution in [2.24, 2.45) is 7.05 Å². The number of hydrogen-bond acceptors (Lipinski definition) is 0. The van der Waals surface area contributed by atoms with Crippen molar-refractivity contribution in [2.75, 3.05) is 0 Å². The van der Waals surface area contributed by atoms with Gasteiger partial charge in [0, 0.05) is 23.1 Å². The lowest BCUT2D eigenvalue weighted by Gasteiger charge is -2.17. The summed E-state index contributed by atoms with van der Waals surface area (Å²) in [5.41, 5.74) is 9.84. The van der Waals surface area contributed by atoms with Crippen LogP contribution in [0.3, 0.4) is 0 Å². The van der Waals surface area contributed by atoms with E-state index >= 15 is 0 Å². The molecule has 0 bridgehead atoms. The fraction of sp³-hybridized carbons (Fsp3) is 0.375. The maximum Gasteiger partial charge on any atom is 0.291 e. The Morgan fingerprint density at radius 2 is 1.46 bits per heavy atom. The van der Waals surface area contributed by atoms with Crippen molar-refractivity contribution in [3.8, 4) is 5.69 Å². The maximum atomic E-state index is 2.53. The molecule has 0 saturated carbocycles. The van der Waals surface area contributed by atoms with Crippen LogP contribution in [0.2, 0.25) is 0 Å². The summed E-state index contributed by atoms with van der Waals surface area (Å²) in [4.78, 5) is 0. The standard InChI is InChI=1S/C24H29N2/c1-15(2)18-10-9-11-19(16(3)4)23(18)26-22-13-8-7-12-21(22)25(6)24(26)20-14-17(20)5/h7-13,15-16H,14H2,1-6H3/q+1. The second kappa shape index (κ2) is 6.12. The van der Waals surface area contributed by atoms with Gasteiger partial charge in [0.25, 0.3) is 5.82 Å². The average Bonchev–Trinajstić information content (AvgIpc) is 3.26. The number of aryl methyl sites for hydroxylation is 1. The Morgan fingerprint density at radius 1 is 0.885 bits per heavy atom. The highest BCUT2D eigenvalue weighted by Gasteiger charge is 2.36. The van der Waals surface area contributed by atoms with E-state index in [4.69, 9.17) is 0 Å². The molecule has 2 heteroatoms. The lowest BCUT2D eigenvalue weighted by molar-refractivity contribution is -0.647. The molecule has 26 heavy (non-hydrogen) atoms. The smallest absolute Gasteiger partial charge is 0.226 e. The summed E-state index contributed by atoms with van der Waals surface area (Å²) >= 11 is 0. The van der Waals surface area contributed by atoms with Gasteiger partial charge in [-0.05, 0) is 30.9 Å². The third-order valence-corrected chi connectivity index (χ3v) is 5.68. The summed E-state index contributed by atoms with van der Waals surface area (Å²) in [5, 5.41) is 0. The monoisotopic (exact) mass is 345 g/mol. The molecule has 4 rings (SSSR count). The number of hydrogen-bond donors (Lipinski definition) is 0. The first-order chi connectivity index (χ1) is 12.4. The number of allylic oxidation sites excluding steroid dienone is 2. The van der Waals surface area contributed by atoms with Crippen molar-refractivity contribution in [3.05, 3.63) is 65.0 Å². The van der Waals surface area contributed by atoms with Crippen LogP contribution in [0.25, 0.3) is 22.3 Å². The zero-order chi connectivity index (χ0) is 18.6. The van der Waals surface area contributed by atoms with Gasteiger partial charge >= 0.3 is 0 Å². The Kier molecular flexibility index (Phi) is 4.02. The lowest BCUT2D eigenvalue weighted by Crippen LogP contribution is -2.31. The molecule has 2 nitrogen and oxygen atoms in total. The number of rotatable bonds is 4. The molecule has 0 fully saturated rings. The van der Waals surface area contributed by atoms with Gasteiger partial charge in [0.15, 0.2) is 11.0 Å². The van der Waals surface area contributed by atoms with E-state index in [1.165, 1.54) is 44.8 Å². The Balaban J connectivity index is 2.17. The second-order valence-electron chi connectivity index (χ2n) is 8.24. The van der Waals surface area contributed by atoms with Gasteiger partial charge in [0.05, 0.1) is 7.05 Å². The fourth-order valence-electron chi connectivity index (χ4n) is 4.14. The largest absolute Gasteiger partial charge is 0.291 e. The molecule has 1 aromatic heterocycles. The van der Waals surface area contributed by atoms with Gasteiger partial charge in [-0.3, -0.25) is 0 Å². The van der Waals surface area contributed by atoms with Crippen molar-refractivity contribution in [1.82, 2.24) is 4.57 Å². The van der Waals surface area contributed by atoms with Crippen LogP contribution in [0.4, 0.5) is 0 Å². The Labute approximate surface area is 156 Å². The summed E-state index contributed by atoms with van der Waals surface area (Å²) < 4.78 is 4.91. The minimum absolute atomic E-state index is 0.484. The molecule has 0 amide bonds. The number of nitrogens with zero attached hydrogens (tertiary/aromatic N) is 2. The number of imidazole rings is 1. The van der Waals surface area contributed by atoms with E-state index in [0.717, 1.165) is 6.42 Å². The van der Waals surface area contributed by atoms with E-state index in [0.29, 0.717) is 11.8 Å². The van der Waals surface area contributed by atoms with Gasteiger partial charge in [-0.25, -0.2) is 4.57 Å². The van der Waals surface area contributed by atoms with Gasteiger partial charge in [-0.2, -0.15) is 4.57 Å². The molecule has 1 aliphatic rings. The Hall–Kier alpha value is -2.35. The minimum Gasteiger partial charge on any atom is -0.226 e. The molecule has 3 aromatic rings. The topological polar surface area (TPSA) is 8.81 Å². The third kappa shape index (κ3) is 2.51. The average molecular weight is 346 g/mol. The van der Waals surface area contributed by atoms with Crippen LogP contribution in [-0.4, -0.2) is 4.57 Å². The maximum absolute atomic E-state index is 2.53. The zero-order valence-corrected chi connectivity index (χ0v) is 16.8. The molecule has 0 atom stereocenters. The van der Waals surface area contributed by atoms with E-state index in [9.17, 15) is 0 Å². The van der Waals surface area contributed by atoms with E-state index < -0.39 is 0 Å². The number of aromatic nitrogens is 2. The van der Waals surface area contributed by atoms with Crippen molar-refractivity contribution < 1.29 is 4.57 Å². The lowest BCUT2D eigenvalue weighted by atomic mass is 9.92. The highest BCUT2D eigenvalue weighted by atomic mass is 15.2. The summed E-state index contributed by atoms with van der Waals surface area (Å²) in [5.74, 6) is 2.31. The van der Waals surface area contributed by atoms with Crippen LogP contribution in [0.5, 0.6) is 0 Å². The van der Waals surface area contributed by atoms with Crippen LogP contribution >= 0.6 is 0 Å². The van der Waals surface area contributed by atoms with E-state index in [1.54, 1.807) is 0 Å². The molecular weight excluding hydrogens is 316 g/mol. The van der Waals surface area contributed by atoms with Crippen molar-refractivity contribution in [1.29, 1.82) is 0 Å². The molecule has 0 N–H and O–H groups in total. The van der Waals surface area contributed by atoms with Crippen molar-refractivity contribution in [3.63, 3.8) is 0 Å². The third-order valence-electron chi connectivity index (χ3n) is 5.68. The normalized spacial score (nSPS) is 14.2. The molecule has 0 spiro atoms. The summed E-state index contributed by atoms with van der Waals surface area (Å²) in [7, 11) is 2.21. The molecule has 0 unspecified atom stereocenters. The van der Waals surface area contributed by atoms with Crippen molar-refractivity contribution in [2.45, 2.75) is 52.9 Å². The number of benzene rings is 2. The quantitative estimate of drug-likeness (QED) is 0.522. The van der Waals surface area contributed by atoms with E-state index in [-0.39, 0.29) is 0 Å². The summed E-state index contributed by atoms with van der Waals surface area (Å²) in [6.45, 7) is 11.5. The molecule has 134 valence electrons. The van der Waals surface area contributed by atoms with Crippen LogP contribution in [0.15, 0.2) is 48.0 Å². The molecule has 0 saturated heterocycles. The first kappa shape index (κ1) is 17.1. The molecule has 1 aliphatic carbocycles. The summed E-state index contributed by atoms with van der Waals surface area (Å²) in [6.07, 6.45) is 1.13. The predicted octanol–water partition coefficient (Wildman–Crippen LogP) is 5.88. The summed E-state index contributed by atoms with van der Waals surface area (Å²) in [6, 6.07) is 15.6. The molecule has 1 heterocycles. The fourth-order valence-corrected chi connectivity index (χ4v) is 4.14. The molecular formula is C24H29N2+. The zero-order valence-electron chi connectivity index (χ0n) is 16.8. The number of para-hydroxylation sites is 3. The van der Waals surface area contributed by atoms with Crippen molar-refractivity contribution >= 4 is 16.6 Å². The van der Waals surface area contributed by atoms with Gasteiger partial charge < -0.3 is 0 Å². The highest BCUT2D eigenvalue weighted by molar-refractivity contribution is 5.85. The first-order valence-corrected chi connectivity index (χ1v) is 9.73. The van der Waals surface area contributed by atoms with Gasteiger partial charge in [-0.1, -0.05) is 63.6 Å². The van der Waals surface area contributed by atoms with E-state index in [2.05, 4.69) is 93.3 Å². The minimum atomic E-state index is 0.484. The van der Waals surface area contributed by atoms with Crippen LogP contribution in [-0.2, 0) is 7.05 Å². The SMILES string of the molecule is CC1=C(c2n(-c3c(C(C)C)cccc3C(C)C)c3ccccc3[n+]2C)C1. The highest BCUT2D eigenvalue weighted by Crippen LogP contribution is 2.42. The molecule has 2 aromatic carbocycles. The van der Waals surface area contributed by atoms with Crippen LogP contribution in [0.1, 0.15) is 69.8 Å². The first-order valence-electron chi connectivity index (χ1n) is 9.73. The molecule has 0 radical (unpaired) electrons. The number of fused-ring (bicyclic) bond motifs is 1. The second-order valence-corrected chi connectivity index (χ2v) is 8.24. The van der Waals surface area contributed by atoms with Crippen LogP contribution in [0, 0.1) is 0 Å². The van der Waals surface area contributed by atoms with E-state index in [1.807, 2.05) is 0 Å². The Morgan fingerprint density at radius 3 is 2.00 bits per heavy atom. The Bertz CT molecular complexity index is 1010. The van der Waals surface area contributed by atoms with Gasteiger partial charge in [0.2, 0.25) is 0 Å². The molecule has 0 aliphatic heterocycles. The van der Waals surface area contributed by atoms with Gasteiger partial charge in [-0.15, -0.1) is 0 Å². The van der Waals surface area contributed by atoms with Gasteiger partial charge in [0.1, 0.15) is 5.69 Å². The van der Waals surface area contributed by atoms with Crippen LogP contribution < -0.4 is 4.57 Å². The predicted molar refractivity (Wildman–Crippen MR) is 110 cm³/mol.